The van der Waals surface area contributed by atoms with E-state index in [4.69, 9.17) is 10.5 Å². The molecule has 1 aliphatic rings. The predicted molar refractivity (Wildman–Crippen MR) is 59.6 cm³/mol. The van der Waals surface area contributed by atoms with Crippen molar-refractivity contribution in [3.8, 4) is 11.5 Å². The van der Waals surface area contributed by atoms with Crippen LogP contribution in [0, 0.1) is 0 Å². The van der Waals surface area contributed by atoms with Gasteiger partial charge in [-0.05, 0) is 17.7 Å². The molecule has 1 aromatic rings. The van der Waals surface area contributed by atoms with E-state index < -0.39 is 11.3 Å². The highest BCUT2D eigenvalue weighted by molar-refractivity contribution is 5.45. The molecule has 3 N–H and O–H groups in total. The van der Waals surface area contributed by atoms with Gasteiger partial charge in [0, 0.05) is 24.8 Å². The summed E-state index contributed by atoms with van der Waals surface area (Å²) in [6.45, 7) is 0.147. The lowest BCUT2D eigenvalue weighted by molar-refractivity contribution is -0.123. The SMILES string of the molecule is COc1ccc(C2(CN)CC(F)(F)C2)cc1O. The molecule has 5 heteroatoms. The molecule has 94 valence electrons. The number of aromatic hydroxyl groups is 1. The average Bonchev–Trinajstić information content (AvgIpc) is 2.25. The molecule has 0 unspecified atom stereocenters. The fraction of sp³-hybridized carbons (Fsp3) is 0.500. The number of alkyl halides is 2. The van der Waals surface area contributed by atoms with E-state index in [2.05, 4.69) is 0 Å². The Bertz CT molecular complexity index is 427. The molecule has 0 heterocycles. The van der Waals surface area contributed by atoms with E-state index >= 15 is 0 Å². The maximum atomic E-state index is 13.0. The summed E-state index contributed by atoms with van der Waals surface area (Å²) in [7, 11) is 1.44. The van der Waals surface area contributed by atoms with Crippen molar-refractivity contribution in [2.45, 2.75) is 24.2 Å². The summed E-state index contributed by atoms with van der Waals surface area (Å²) < 4.78 is 30.9. The highest BCUT2D eigenvalue weighted by Crippen LogP contribution is 2.53. The lowest BCUT2D eigenvalue weighted by Crippen LogP contribution is -2.53. The molecule has 1 saturated carbocycles. The van der Waals surface area contributed by atoms with Gasteiger partial charge in [0.2, 0.25) is 5.92 Å². The van der Waals surface area contributed by atoms with Gasteiger partial charge in [-0.15, -0.1) is 0 Å². The van der Waals surface area contributed by atoms with Gasteiger partial charge >= 0.3 is 0 Å². The Morgan fingerprint density at radius 1 is 1.41 bits per heavy atom. The minimum Gasteiger partial charge on any atom is -0.504 e. The molecule has 1 aliphatic carbocycles. The quantitative estimate of drug-likeness (QED) is 0.854. The first-order valence-electron chi connectivity index (χ1n) is 5.38. The first-order valence-corrected chi connectivity index (χ1v) is 5.38. The molecular weight excluding hydrogens is 228 g/mol. The van der Waals surface area contributed by atoms with Gasteiger partial charge < -0.3 is 15.6 Å². The van der Waals surface area contributed by atoms with Crippen LogP contribution in [0.2, 0.25) is 0 Å². The molecule has 0 aliphatic heterocycles. The summed E-state index contributed by atoms with van der Waals surface area (Å²) >= 11 is 0. The molecule has 2 rings (SSSR count). The molecule has 17 heavy (non-hydrogen) atoms. The van der Waals surface area contributed by atoms with Gasteiger partial charge in [-0.3, -0.25) is 0 Å². The molecular formula is C12H15F2NO2. The summed E-state index contributed by atoms with van der Waals surface area (Å²) in [5.41, 5.74) is 5.52. The molecule has 0 atom stereocenters. The Labute approximate surface area is 98.2 Å². The monoisotopic (exact) mass is 243 g/mol. The van der Waals surface area contributed by atoms with Crippen LogP contribution in [0.1, 0.15) is 18.4 Å². The van der Waals surface area contributed by atoms with Gasteiger partial charge in [0.25, 0.3) is 0 Å². The van der Waals surface area contributed by atoms with Crippen LogP contribution in [-0.4, -0.2) is 24.7 Å². The van der Waals surface area contributed by atoms with Gasteiger partial charge in [0.15, 0.2) is 11.5 Å². The van der Waals surface area contributed by atoms with Crippen molar-refractivity contribution in [3.63, 3.8) is 0 Å². The Hall–Kier alpha value is -1.36. The van der Waals surface area contributed by atoms with E-state index in [1.165, 1.54) is 13.2 Å². The van der Waals surface area contributed by atoms with Gasteiger partial charge in [0.1, 0.15) is 0 Å². The van der Waals surface area contributed by atoms with Crippen LogP contribution in [-0.2, 0) is 5.41 Å². The van der Waals surface area contributed by atoms with Crippen molar-refractivity contribution < 1.29 is 18.6 Å². The average molecular weight is 243 g/mol. The van der Waals surface area contributed by atoms with Crippen molar-refractivity contribution in [1.29, 1.82) is 0 Å². The molecule has 0 bridgehead atoms. The van der Waals surface area contributed by atoms with Gasteiger partial charge in [-0.2, -0.15) is 0 Å². The Kier molecular flexibility index (Phi) is 2.73. The zero-order valence-electron chi connectivity index (χ0n) is 9.54. The number of rotatable bonds is 3. The summed E-state index contributed by atoms with van der Waals surface area (Å²) in [6, 6.07) is 4.71. The van der Waals surface area contributed by atoms with Crippen LogP contribution in [0.5, 0.6) is 11.5 Å². The third-order valence-electron chi connectivity index (χ3n) is 3.38. The van der Waals surface area contributed by atoms with E-state index in [0.717, 1.165) is 0 Å². The summed E-state index contributed by atoms with van der Waals surface area (Å²) in [5.74, 6) is -2.37. The van der Waals surface area contributed by atoms with Crippen molar-refractivity contribution in [2.75, 3.05) is 13.7 Å². The maximum absolute atomic E-state index is 13.0. The molecule has 0 saturated heterocycles. The molecule has 0 radical (unpaired) electrons. The lowest BCUT2D eigenvalue weighted by atomic mass is 9.62. The van der Waals surface area contributed by atoms with Gasteiger partial charge in [-0.25, -0.2) is 8.78 Å². The third kappa shape index (κ3) is 1.95. The van der Waals surface area contributed by atoms with E-state index in [9.17, 15) is 13.9 Å². The van der Waals surface area contributed by atoms with E-state index in [-0.39, 0.29) is 25.1 Å². The first kappa shape index (κ1) is 12.1. The lowest BCUT2D eigenvalue weighted by Gasteiger charge is -2.47. The second kappa shape index (κ2) is 3.84. The number of hydrogen-bond acceptors (Lipinski definition) is 3. The highest BCUT2D eigenvalue weighted by atomic mass is 19.3. The number of halogens is 2. The summed E-state index contributed by atoms with van der Waals surface area (Å²) in [4.78, 5) is 0. The van der Waals surface area contributed by atoms with E-state index in [0.29, 0.717) is 11.3 Å². The Balaban J connectivity index is 2.31. The van der Waals surface area contributed by atoms with Gasteiger partial charge in [0.05, 0.1) is 7.11 Å². The number of nitrogens with two attached hydrogens (primary N) is 1. The van der Waals surface area contributed by atoms with Crippen molar-refractivity contribution in [1.82, 2.24) is 0 Å². The molecule has 0 aromatic heterocycles. The van der Waals surface area contributed by atoms with Crippen LogP contribution in [0.3, 0.4) is 0 Å². The fourth-order valence-corrected chi connectivity index (χ4v) is 2.42. The first-order chi connectivity index (χ1) is 7.92. The molecule has 3 nitrogen and oxygen atoms in total. The highest BCUT2D eigenvalue weighted by Gasteiger charge is 2.56. The van der Waals surface area contributed by atoms with Crippen LogP contribution >= 0.6 is 0 Å². The minimum atomic E-state index is -2.64. The summed E-state index contributed by atoms with van der Waals surface area (Å²) in [6.07, 6.45) is -0.523. The second-order valence-corrected chi connectivity index (χ2v) is 4.58. The number of ether oxygens (including phenoxy) is 1. The largest absolute Gasteiger partial charge is 0.504 e. The topological polar surface area (TPSA) is 55.5 Å². The van der Waals surface area contributed by atoms with E-state index in [1.54, 1.807) is 12.1 Å². The van der Waals surface area contributed by atoms with Crippen LogP contribution < -0.4 is 10.5 Å². The zero-order valence-corrected chi connectivity index (χ0v) is 9.54. The molecule has 0 amide bonds. The number of hydrogen-bond donors (Lipinski definition) is 2. The smallest absolute Gasteiger partial charge is 0.250 e. The van der Waals surface area contributed by atoms with Gasteiger partial charge in [-0.1, -0.05) is 6.07 Å². The Morgan fingerprint density at radius 2 is 2.06 bits per heavy atom. The van der Waals surface area contributed by atoms with Crippen molar-refractivity contribution in [2.24, 2.45) is 5.73 Å². The van der Waals surface area contributed by atoms with Crippen molar-refractivity contribution in [3.05, 3.63) is 23.8 Å². The molecule has 1 aromatic carbocycles. The number of benzene rings is 1. The maximum Gasteiger partial charge on any atom is 0.250 e. The number of phenolic OH excluding ortho intramolecular Hbond substituents is 1. The second-order valence-electron chi connectivity index (χ2n) is 4.58. The van der Waals surface area contributed by atoms with Crippen LogP contribution in [0.15, 0.2) is 18.2 Å². The molecule has 0 spiro atoms. The predicted octanol–water partition coefficient (Wildman–Crippen LogP) is 2.03. The fourth-order valence-electron chi connectivity index (χ4n) is 2.42. The number of phenols is 1. The standard InChI is InChI=1S/C12H15F2NO2/c1-17-10-3-2-8(4-9(10)16)11(7-15)5-12(13,14)6-11/h2-4,16H,5-7,15H2,1H3. The van der Waals surface area contributed by atoms with Crippen LogP contribution in [0.25, 0.3) is 0 Å². The summed E-state index contributed by atoms with van der Waals surface area (Å²) in [5, 5.41) is 9.65. The normalized spacial score (nSPS) is 20.7. The molecule has 1 fully saturated rings. The van der Waals surface area contributed by atoms with Crippen molar-refractivity contribution >= 4 is 0 Å². The number of methoxy groups -OCH3 is 1. The van der Waals surface area contributed by atoms with Crippen LogP contribution in [0.4, 0.5) is 8.78 Å². The third-order valence-corrected chi connectivity index (χ3v) is 3.38. The zero-order chi connectivity index (χ0) is 12.7. The minimum absolute atomic E-state index is 0.0481. The Morgan fingerprint density at radius 3 is 2.47 bits per heavy atom. The van der Waals surface area contributed by atoms with E-state index in [1.807, 2.05) is 0 Å².